The summed E-state index contributed by atoms with van der Waals surface area (Å²) >= 11 is 5.90. The van der Waals surface area contributed by atoms with E-state index in [1.807, 2.05) is 35.8 Å². The summed E-state index contributed by atoms with van der Waals surface area (Å²) in [6.45, 7) is 2.68. The molecule has 1 N–H and O–H groups in total. The summed E-state index contributed by atoms with van der Waals surface area (Å²) < 4.78 is 2.01. The van der Waals surface area contributed by atoms with Crippen LogP contribution in [0.15, 0.2) is 53.5 Å². The first kappa shape index (κ1) is 15.9. The fourth-order valence-electron chi connectivity index (χ4n) is 3.43. The highest BCUT2D eigenvalue weighted by Crippen LogP contribution is 2.24. The number of benzene rings is 2. The molecule has 126 valence electrons. The fourth-order valence-corrected chi connectivity index (χ4v) is 3.55. The van der Waals surface area contributed by atoms with E-state index in [9.17, 15) is 9.59 Å². The Labute approximate surface area is 150 Å². The Morgan fingerprint density at radius 1 is 1.20 bits per heavy atom. The summed E-state index contributed by atoms with van der Waals surface area (Å²) in [6.07, 6.45) is 2.58. The molecule has 2 aromatic carbocycles. The molecule has 1 aliphatic rings. The first-order valence-corrected chi connectivity index (χ1v) is 8.64. The Morgan fingerprint density at radius 2 is 1.96 bits per heavy atom. The van der Waals surface area contributed by atoms with Gasteiger partial charge in [0.1, 0.15) is 5.56 Å². The molecule has 4 rings (SSSR count). The first-order valence-electron chi connectivity index (χ1n) is 8.26. The van der Waals surface area contributed by atoms with Gasteiger partial charge in [-0.25, -0.2) is 0 Å². The highest BCUT2D eigenvalue weighted by Gasteiger charge is 2.21. The van der Waals surface area contributed by atoms with E-state index in [0.29, 0.717) is 10.4 Å². The van der Waals surface area contributed by atoms with Gasteiger partial charge in [0.25, 0.3) is 5.91 Å². The van der Waals surface area contributed by atoms with Gasteiger partial charge in [-0.05, 0) is 42.7 Å². The molecule has 1 amide bonds. The van der Waals surface area contributed by atoms with Gasteiger partial charge < -0.3 is 9.88 Å². The second-order valence-corrected chi connectivity index (χ2v) is 6.81. The monoisotopic (exact) mass is 352 g/mol. The number of aryl methyl sites for hydroxylation is 2. The maximum Gasteiger partial charge on any atom is 0.257 e. The number of hydrogen-bond donors (Lipinski definition) is 1. The molecule has 0 aliphatic carbocycles. The third-order valence-electron chi connectivity index (χ3n) is 4.77. The summed E-state index contributed by atoms with van der Waals surface area (Å²) in [4.78, 5) is 25.5. The Hall–Kier alpha value is -2.59. The zero-order chi connectivity index (χ0) is 17.6. The lowest BCUT2D eigenvalue weighted by molar-refractivity contribution is 0.0938. The van der Waals surface area contributed by atoms with E-state index in [0.717, 1.165) is 29.6 Å². The smallest absolute Gasteiger partial charge is 0.257 e. The molecular formula is C20H17ClN2O2. The number of carbonyl (C=O) groups excluding carboxylic acids is 1. The van der Waals surface area contributed by atoms with Crippen LogP contribution in [0, 0.1) is 0 Å². The molecule has 1 aliphatic heterocycles. The Morgan fingerprint density at radius 3 is 2.72 bits per heavy atom. The number of para-hydroxylation sites is 1. The van der Waals surface area contributed by atoms with Crippen LogP contribution in [0.5, 0.6) is 0 Å². The first-order chi connectivity index (χ1) is 12.0. The Kier molecular flexibility index (Phi) is 3.85. The highest BCUT2D eigenvalue weighted by molar-refractivity contribution is 6.30. The Balaban J connectivity index is 1.68. The maximum atomic E-state index is 12.8. The minimum atomic E-state index is -0.351. The molecule has 4 nitrogen and oxygen atoms in total. The molecule has 0 radical (unpaired) electrons. The second-order valence-electron chi connectivity index (χ2n) is 6.38. The lowest BCUT2D eigenvalue weighted by Gasteiger charge is -2.15. The lowest BCUT2D eigenvalue weighted by Crippen LogP contribution is -2.31. The van der Waals surface area contributed by atoms with E-state index in [1.165, 1.54) is 0 Å². The number of rotatable bonds is 3. The van der Waals surface area contributed by atoms with Gasteiger partial charge in [-0.1, -0.05) is 35.9 Å². The fraction of sp³-hybridized carbons (Fsp3) is 0.200. The predicted molar refractivity (Wildman–Crippen MR) is 99.2 cm³/mol. The number of amides is 1. The van der Waals surface area contributed by atoms with Gasteiger partial charge in [0.15, 0.2) is 0 Å². The second kappa shape index (κ2) is 6.05. The zero-order valence-corrected chi connectivity index (χ0v) is 14.5. The molecule has 0 saturated carbocycles. The van der Waals surface area contributed by atoms with E-state index in [1.54, 1.807) is 24.4 Å². The standard InChI is InChI=1S/C20H17ClN2O2/c1-12(13-5-7-15(21)8-6-13)22-20(25)17-11-23-10-9-14-3-2-4-16(18(14)23)19(17)24/h2-8,11-12H,9-10H2,1H3,(H,22,25). The van der Waals surface area contributed by atoms with Crippen molar-refractivity contribution < 1.29 is 4.79 Å². The number of nitrogens with zero attached hydrogens (tertiary/aromatic N) is 1. The molecule has 3 aromatic rings. The largest absolute Gasteiger partial charge is 0.346 e. The molecule has 2 heterocycles. The van der Waals surface area contributed by atoms with Gasteiger partial charge in [0, 0.05) is 23.2 Å². The van der Waals surface area contributed by atoms with Crippen molar-refractivity contribution in [3.8, 4) is 0 Å². The van der Waals surface area contributed by atoms with Gasteiger partial charge in [-0.3, -0.25) is 9.59 Å². The van der Waals surface area contributed by atoms with Crippen LogP contribution in [0.25, 0.3) is 10.9 Å². The van der Waals surface area contributed by atoms with E-state index in [-0.39, 0.29) is 22.9 Å². The van der Waals surface area contributed by atoms with Crippen molar-refractivity contribution in [1.82, 2.24) is 9.88 Å². The zero-order valence-electron chi connectivity index (χ0n) is 13.8. The van der Waals surface area contributed by atoms with Crippen LogP contribution in [0.2, 0.25) is 5.02 Å². The van der Waals surface area contributed by atoms with Crippen LogP contribution < -0.4 is 10.7 Å². The SMILES string of the molecule is CC(NC(=O)c1cn2c3c(cccc3c1=O)CC2)c1ccc(Cl)cc1. The molecule has 0 spiro atoms. The molecule has 1 aromatic heterocycles. The van der Waals surface area contributed by atoms with E-state index >= 15 is 0 Å². The quantitative estimate of drug-likeness (QED) is 0.781. The molecule has 1 atom stereocenters. The van der Waals surface area contributed by atoms with Crippen LogP contribution in [0.3, 0.4) is 0 Å². The third-order valence-corrected chi connectivity index (χ3v) is 5.02. The minimum Gasteiger partial charge on any atom is -0.346 e. The van der Waals surface area contributed by atoms with Crippen LogP contribution in [-0.4, -0.2) is 10.5 Å². The van der Waals surface area contributed by atoms with E-state index in [4.69, 9.17) is 11.6 Å². The van der Waals surface area contributed by atoms with Crippen molar-refractivity contribution in [2.24, 2.45) is 0 Å². The van der Waals surface area contributed by atoms with Gasteiger partial charge in [0.05, 0.1) is 11.6 Å². The predicted octanol–water partition coefficient (Wildman–Crippen LogP) is 3.70. The van der Waals surface area contributed by atoms with E-state index < -0.39 is 0 Å². The average molecular weight is 353 g/mol. The maximum absolute atomic E-state index is 12.8. The molecular weight excluding hydrogens is 336 g/mol. The van der Waals surface area contributed by atoms with Crippen molar-refractivity contribution in [3.05, 3.63) is 80.6 Å². The number of nitrogens with one attached hydrogen (secondary N) is 1. The summed E-state index contributed by atoms with van der Waals surface area (Å²) in [7, 11) is 0. The summed E-state index contributed by atoms with van der Waals surface area (Å²) in [6, 6.07) is 12.8. The topological polar surface area (TPSA) is 51.1 Å². The molecule has 0 saturated heterocycles. The normalized spacial score (nSPS) is 13.8. The van der Waals surface area contributed by atoms with Gasteiger partial charge >= 0.3 is 0 Å². The number of hydrogen-bond acceptors (Lipinski definition) is 2. The highest BCUT2D eigenvalue weighted by atomic mass is 35.5. The van der Waals surface area contributed by atoms with Gasteiger partial charge in [0.2, 0.25) is 5.43 Å². The van der Waals surface area contributed by atoms with Crippen molar-refractivity contribution >= 4 is 28.4 Å². The summed E-state index contributed by atoms with van der Waals surface area (Å²) in [5, 5.41) is 4.17. The van der Waals surface area contributed by atoms with Crippen LogP contribution in [-0.2, 0) is 13.0 Å². The lowest BCUT2D eigenvalue weighted by atomic mass is 10.1. The summed E-state index contributed by atoms with van der Waals surface area (Å²) in [5.41, 5.74) is 3.03. The number of carbonyl (C=O) groups is 1. The van der Waals surface area contributed by atoms with Gasteiger partial charge in [-0.15, -0.1) is 0 Å². The molecule has 5 heteroatoms. The third kappa shape index (κ3) is 2.72. The minimum absolute atomic E-state index is 0.187. The number of aromatic nitrogens is 1. The Bertz CT molecular complexity index is 1040. The number of halogens is 1. The summed E-state index contributed by atoms with van der Waals surface area (Å²) in [5.74, 6) is -0.351. The van der Waals surface area contributed by atoms with Crippen molar-refractivity contribution in [1.29, 1.82) is 0 Å². The van der Waals surface area contributed by atoms with Crippen molar-refractivity contribution in [3.63, 3.8) is 0 Å². The molecule has 0 bridgehead atoms. The van der Waals surface area contributed by atoms with Crippen molar-refractivity contribution in [2.45, 2.75) is 25.9 Å². The number of pyridine rings is 1. The molecule has 25 heavy (non-hydrogen) atoms. The van der Waals surface area contributed by atoms with Crippen LogP contribution in [0.4, 0.5) is 0 Å². The molecule has 1 unspecified atom stereocenters. The van der Waals surface area contributed by atoms with Crippen LogP contribution in [0.1, 0.15) is 34.5 Å². The van der Waals surface area contributed by atoms with Crippen molar-refractivity contribution in [2.75, 3.05) is 0 Å². The van der Waals surface area contributed by atoms with E-state index in [2.05, 4.69) is 5.32 Å². The van der Waals surface area contributed by atoms with Crippen LogP contribution >= 0.6 is 11.6 Å². The average Bonchev–Trinajstić information content (AvgIpc) is 3.02. The van der Waals surface area contributed by atoms with Gasteiger partial charge in [-0.2, -0.15) is 0 Å². The molecule has 0 fully saturated rings.